The molecule has 1 aromatic rings. The Hall–Kier alpha value is -0.570. The minimum atomic E-state index is 0.355. The predicted octanol–water partition coefficient (Wildman–Crippen LogP) is 3.82. The zero-order chi connectivity index (χ0) is 13.8. The molecule has 3 atom stereocenters. The van der Waals surface area contributed by atoms with Crippen LogP contribution in [-0.4, -0.2) is 24.3 Å². The summed E-state index contributed by atoms with van der Waals surface area (Å²) in [4.78, 5) is 0. The lowest BCUT2D eigenvalue weighted by molar-refractivity contribution is -0.0432. The van der Waals surface area contributed by atoms with Crippen LogP contribution in [-0.2, 0) is 11.2 Å². The summed E-state index contributed by atoms with van der Waals surface area (Å²) < 4.78 is 5.77. The summed E-state index contributed by atoms with van der Waals surface area (Å²) in [5, 5.41) is 4.58. The molecule has 1 fully saturated rings. The van der Waals surface area contributed by atoms with Crippen molar-refractivity contribution in [2.75, 3.05) is 0 Å². The highest BCUT2D eigenvalue weighted by molar-refractivity contribution is 6.31. The molecule has 2 nitrogen and oxygen atoms in total. The molecular formula is C16H24ClNO. The Morgan fingerprint density at radius 1 is 1.26 bits per heavy atom. The molecule has 3 heteroatoms. The fourth-order valence-corrected chi connectivity index (χ4v) is 3.21. The molecule has 0 aliphatic carbocycles. The van der Waals surface area contributed by atoms with Gasteiger partial charge in [-0.2, -0.15) is 0 Å². The van der Waals surface area contributed by atoms with Gasteiger partial charge in [-0.1, -0.05) is 29.8 Å². The van der Waals surface area contributed by atoms with Crippen LogP contribution in [0.3, 0.4) is 0 Å². The van der Waals surface area contributed by atoms with Crippen molar-refractivity contribution in [2.45, 2.75) is 64.3 Å². The molecule has 0 aromatic heterocycles. The minimum Gasteiger partial charge on any atom is -0.375 e. The minimum absolute atomic E-state index is 0.355. The average molecular weight is 282 g/mol. The van der Waals surface area contributed by atoms with E-state index >= 15 is 0 Å². The van der Waals surface area contributed by atoms with Gasteiger partial charge in [-0.3, -0.25) is 0 Å². The molecule has 0 bridgehead atoms. The maximum atomic E-state index is 6.21. The molecule has 0 radical (unpaired) electrons. The molecule has 2 rings (SSSR count). The van der Waals surface area contributed by atoms with Crippen LogP contribution in [0.25, 0.3) is 0 Å². The molecule has 1 N–H and O–H groups in total. The van der Waals surface area contributed by atoms with Crippen LogP contribution in [0.1, 0.15) is 39.2 Å². The van der Waals surface area contributed by atoms with Crippen LogP contribution in [0.4, 0.5) is 0 Å². The summed E-state index contributed by atoms with van der Waals surface area (Å²) in [6, 6.07) is 9.08. The second-order valence-corrected chi connectivity index (χ2v) is 6.20. The van der Waals surface area contributed by atoms with Gasteiger partial charge < -0.3 is 10.1 Å². The van der Waals surface area contributed by atoms with E-state index < -0.39 is 0 Å². The molecule has 1 aliphatic rings. The quantitative estimate of drug-likeness (QED) is 0.906. The van der Waals surface area contributed by atoms with Gasteiger partial charge >= 0.3 is 0 Å². The van der Waals surface area contributed by atoms with E-state index in [4.69, 9.17) is 16.3 Å². The Balaban J connectivity index is 1.87. The zero-order valence-corrected chi connectivity index (χ0v) is 12.8. The summed E-state index contributed by atoms with van der Waals surface area (Å²) in [6.07, 6.45) is 3.87. The van der Waals surface area contributed by atoms with Gasteiger partial charge in [0.25, 0.3) is 0 Å². The van der Waals surface area contributed by atoms with Crippen molar-refractivity contribution in [3.05, 3.63) is 34.9 Å². The SMILES string of the molecule is CC(Cc1ccccc1Cl)NC1CC(C)OC(C)C1. The second kappa shape index (κ2) is 6.74. The van der Waals surface area contributed by atoms with Crippen molar-refractivity contribution in [3.63, 3.8) is 0 Å². The summed E-state index contributed by atoms with van der Waals surface area (Å²) in [7, 11) is 0. The molecule has 3 unspecified atom stereocenters. The monoisotopic (exact) mass is 281 g/mol. The van der Waals surface area contributed by atoms with Crippen molar-refractivity contribution in [1.82, 2.24) is 5.32 Å². The molecule has 0 saturated carbocycles. The van der Waals surface area contributed by atoms with Crippen molar-refractivity contribution < 1.29 is 4.74 Å². The van der Waals surface area contributed by atoms with Gasteiger partial charge in [-0.25, -0.2) is 0 Å². The highest BCUT2D eigenvalue weighted by Gasteiger charge is 2.25. The van der Waals surface area contributed by atoms with E-state index in [9.17, 15) is 0 Å². The van der Waals surface area contributed by atoms with Crippen LogP contribution in [0, 0.1) is 0 Å². The standard InChI is InChI=1S/C16H24ClNO/c1-11(8-14-6-4-5-7-16(14)17)18-15-9-12(2)19-13(3)10-15/h4-7,11-13,15,18H,8-10H2,1-3H3. The first-order valence-electron chi connectivity index (χ1n) is 7.19. The Bertz CT molecular complexity index is 399. The summed E-state index contributed by atoms with van der Waals surface area (Å²) >= 11 is 6.21. The van der Waals surface area contributed by atoms with E-state index in [1.165, 1.54) is 5.56 Å². The number of nitrogens with one attached hydrogen (secondary N) is 1. The zero-order valence-electron chi connectivity index (χ0n) is 12.0. The third kappa shape index (κ3) is 4.48. The van der Waals surface area contributed by atoms with Crippen LogP contribution < -0.4 is 5.32 Å². The molecule has 19 heavy (non-hydrogen) atoms. The van der Waals surface area contributed by atoms with Gasteiger partial charge in [0.2, 0.25) is 0 Å². The van der Waals surface area contributed by atoms with E-state index in [0.29, 0.717) is 24.3 Å². The van der Waals surface area contributed by atoms with Crippen molar-refractivity contribution in [2.24, 2.45) is 0 Å². The molecule has 106 valence electrons. The van der Waals surface area contributed by atoms with Crippen LogP contribution in [0.5, 0.6) is 0 Å². The van der Waals surface area contributed by atoms with Crippen LogP contribution >= 0.6 is 11.6 Å². The van der Waals surface area contributed by atoms with E-state index in [-0.39, 0.29) is 0 Å². The maximum Gasteiger partial charge on any atom is 0.0565 e. The topological polar surface area (TPSA) is 21.3 Å². The fourth-order valence-electron chi connectivity index (χ4n) is 3.00. The lowest BCUT2D eigenvalue weighted by Crippen LogP contribution is -2.45. The molecule has 0 spiro atoms. The number of rotatable bonds is 4. The van der Waals surface area contributed by atoms with Gasteiger partial charge in [0.1, 0.15) is 0 Å². The highest BCUT2D eigenvalue weighted by atomic mass is 35.5. The smallest absolute Gasteiger partial charge is 0.0565 e. The normalized spacial score (nSPS) is 29.2. The van der Waals surface area contributed by atoms with Crippen molar-refractivity contribution in [3.8, 4) is 0 Å². The number of ether oxygens (including phenoxy) is 1. The van der Waals surface area contributed by atoms with Crippen molar-refractivity contribution in [1.29, 1.82) is 0 Å². The highest BCUT2D eigenvalue weighted by Crippen LogP contribution is 2.21. The first-order chi connectivity index (χ1) is 9.04. The van der Waals surface area contributed by atoms with Gasteiger partial charge in [-0.15, -0.1) is 0 Å². The largest absolute Gasteiger partial charge is 0.375 e. The van der Waals surface area contributed by atoms with Crippen molar-refractivity contribution >= 4 is 11.6 Å². The van der Waals surface area contributed by atoms with E-state index in [0.717, 1.165) is 24.3 Å². The van der Waals surface area contributed by atoms with Gasteiger partial charge in [0.05, 0.1) is 12.2 Å². The Labute approximate surface area is 121 Å². The summed E-state index contributed by atoms with van der Waals surface area (Å²) in [6.45, 7) is 6.54. The van der Waals surface area contributed by atoms with Crippen LogP contribution in [0.2, 0.25) is 5.02 Å². The average Bonchev–Trinajstić information content (AvgIpc) is 2.30. The predicted molar refractivity (Wildman–Crippen MR) is 80.8 cm³/mol. The van der Waals surface area contributed by atoms with Gasteiger partial charge in [0, 0.05) is 17.1 Å². The Morgan fingerprint density at radius 3 is 2.53 bits per heavy atom. The first kappa shape index (κ1) is 14.8. The Morgan fingerprint density at radius 2 is 1.89 bits per heavy atom. The lowest BCUT2D eigenvalue weighted by Gasteiger charge is -2.34. The number of hydrogen-bond acceptors (Lipinski definition) is 2. The number of hydrogen-bond donors (Lipinski definition) is 1. The van der Waals surface area contributed by atoms with E-state index in [1.54, 1.807) is 0 Å². The molecule has 1 saturated heterocycles. The second-order valence-electron chi connectivity index (χ2n) is 5.79. The third-order valence-corrected chi connectivity index (χ3v) is 4.07. The summed E-state index contributed by atoms with van der Waals surface area (Å²) in [5.74, 6) is 0. The lowest BCUT2D eigenvalue weighted by atomic mass is 9.98. The van der Waals surface area contributed by atoms with Gasteiger partial charge in [0.15, 0.2) is 0 Å². The molecule has 1 heterocycles. The number of halogens is 1. The third-order valence-electron chi connectivity index (χ3n) is 3.70. The number of benzene rings is 1. The first-order valence-corrected chi connectivity index (χ1v) is 7.57. The fraction of sp³-hybridized carbons (Fsp3) is 0.625. The summed E-state index contributed by atoms with van der Waals surface area (Å²) in [5.41, 5.74) is 1.22. The molecule has 1 aromatic carbocycles. The van der Waals surface area contributed by atoms with Gasteiger partial charge in [-0.05, 0) is 51.7 Å². The Kier molecular flexibility index (Phi) is 5.26. The maximum absolute atomic E-state index is 6.21. The molecular weight excluding hydrogens is 258 g/mol. The van der Waals surface area contributed by atoms with Crippen LogP contribution in [0.15, 0.2) is 24.3 Å². The van der Waals surface area contributed by atoms with E-state index in [2.05, 4.69) is 32.2 Å². The molecule has 1 aliphatic heterocycles. The van der Waals surface area contributed by atoms with E-state index in [1.807, 2.05) is 18.2 Å². The molecule has 0 amide bonds.